The molecule has 82 valence electrons. The molecule has 2 heteroatoms. The Kier molecular flexibility index (Phi) is 5.45. The highest BCUT2D eigenvalue weighted by Gasteiger charge is 2.09. The first-order valence-electron chi connectivity index (χ1n) is 5.46. The first-order valence-corrected chi connectivity index (χ1v) is 6.41. The van der Waals surface area contributed by atoms with E-state index in [4.69, 9.17) is 6.42 Å². The average Bonchev–Trinajstić information content (AvgIpc) is 2.69. The molecule has 0 saturated carbocycles. The molecule has 15 heavy (non-hydrogen) atoms. The van der Waals surface area contributed by atoms with E-state index >= 15 is 0 Å². The first-order chi connectivity index (χ1) is 7.26. The SMILES string of the molecule is C#CCC(CC)NC(C)Cc1ccsc1. The summed E-state index contributed by atoms with van der Waals surface area (Å²) < 4.78 is 0. The van der Waals surface area contributed by atoms with Crippen LogP contribution in [-0.2, 0) is 6.42 Å². The molecule has 2 atom stereocenters. The van der Waals surface area contributed by atoms with Crippen molar-refractivity contribution in [1.82, 2.24) is 5.32 Å². The summed E-state index contributed by atoms with van der Waals surface area (Å²) >= 11 is 1.76. The Bertz CT molecular complexity index is 297. The van der Waals surface area contributed by atoms with Crippen molar-refractivity contribution in [2.24, 2.45) is 0 Å². The van der Waals surface area contributed by atoms with Gasteiger partial charge in [-0.25, -0.2) is 0 Å². The van der Waals surface area contributed by atoms with Crippen molar-refractivity contribution in [3.05, 3.63) is 22.4 Å². The normalized spacial score (nSPS) is 14.5. The summed E-state index contributed by atoms with van der Waals surface area (Å²) in [6.45, 7) is 4.39. The van der Waals surface area contributed by atoms with E-state index in [-0.39, 0.29) is 0 Å². The maximum absolute atomic E-state index is 5.33. The molecule has 1 heterocycles. The van der Waals surface area contributed by atoms with Crippen LogP contribution in [0.15, 0.2) is 16.8 Å². The maximum Gasteiger partial charge on any atom is 0.0240 e. The van der Waals surface area contributed by atoms with Crippen LogP contribution in [0.5, 0.6) is 0 Å². The summed E-state index contributed by atoms with van der Waals surface area (Å²) in [6, 6.07) is 3.15. The highest BCUT2D eigenvalue weighted by molar-refractivity contribution is 7.07. The highest BCUT2D eigenvalue weighted by atomic mass is 32.1. The lowest BCUT2D eigenvalue weighted by atomic mass is 10.1. The summed E-state index contributed by atoms with van der Waals surface area (Å²) in [5.74, 6) is 2.72. The summed E-state index contributed by atoms with van der Waals surface area (Å²) in [5.41, 5.74) is 1.41. The number of hydrogen-bond donors (Lipinski definition) is 1. The van der Waals surface area contributed by atoms with Crippen LogP contribution in [-0.4, -0.2) is 12.1 Å². The second-order valence-electron chi connectivity index (χ2n) is 3.92. The van der Waals surface area contributed by atoms with E-state index in [0.717, 1.165) is 19.3 Å². The molecule has 0 spiro atoms. The van der Waals surface area contributed by atoms with Crippen LogP contribution in [0.4, 0.5) is 0 Å². The predicted octanol–water partition coefficient (Wildman–Crippen LogP) is 3.07. The van der Waals surface area contributed by atoms with Crippen LogP contribution in [0, 0.1) is 12.3 Å². The summed E-state index contributed by atoms with van der Waals surface area (Å²) in [6.07, 6.45) is 8.34. The Balaban J connectivity index is 2.34. The number of rotatable bonds is 6. The number of thiophene rings is 1. The molecule has 1 N–H and O–H groups in total. The van der Waals surface area contributed by atoms with Gasteiger partial charge < -0.3 is 5.32 Å². The molecule has 1 rings (SSSR count). The van der Waals surface area contributed by atoms with Gasteiger partial charge in [0.1, 0.15) is 0 Å². The van der Waals surface area contributed by atoms with Crippen molar-refractivity contribution in [3.8, 4) is 12.3 Å². The minimum atomic E-state index is 0.462. The van der Waals surface area contributed by atoms with Crippen molar-refractivity contribution < 1.29 is 0 Å². The van der Waals surface area contributed by atoms with Gasteiger partial charge in [-0.1, -0.05) is 6.92 Å². The Morgan fingerprint density at radius 1 is 1.60 bits per heavy atom. The molecule has 2 unspecified atom stereocenters. The zero-order valence-electron chi connectivity index (χ0n) is 9.49. The van der Waals surface area contributed by atoms with Crippen molar-refractivity contribution in [2.45, 2.75) is 45.2 Å². The summed E-state index contributed by atoms with van der Waals surface area (Å²) in [5, 5.41) is 7.90. The second kappa shape index (κ2) is 6.66. The molecule has 0 radical (unpaired) electrons. The van der Waals surface area contributed by atoms with Crippen LogP contribution in [0.25, 0.3) is 0 Å². The number of hydrogen-bond acceptors (Lipinski definition) is 2. The molecule has 0 aliphatic rings. The molecule has 0 saturated heterocycles. The fourth-order valence-corrected chi connectivity index (χ4v) is 2.37. The van der Waals surface area contributed by atoms with Crippen LogP contribution in [0.1, 0.15) is 32.3 Å². The number of nitrogens with one attached hydrogen (secondary N) is 1. The van der Waals surface area contributed by atoms with Gasteiger partial charge in [-0.3, -0.25) is 0 Å². The van der Waals surface area contributed by atoms with Crippen molar-refractivity contribution >= 4 is 11.3 Å². The third kappa shape index (κ3) is 4.51. The summed E-state index contributed by atoms with van der Waals surface area (Å²) in [7, 11) is 0. The molecule has 0 aromatic carbocycles. The van der Waals surface area contributed by atoms with Gasteiger partial charge in [0.2, 0.25) is 0 Å². The van der Waals surface area contributed by atoms with Gasteiger partial charge in [0.15, 0.2) is 0 Å². The van der Waals surface area contributed by atoms with Crippen LogP contribution < -0.4 is 5.32 Å². The first kappa shape index (κ1) is 12.3. The molecule has 1 aromatic heterocycles. The van der Waals surface area contributed by atoms with E-state index in [1.165, 1.54) is 5.56 Å². The lowest BCUT2D eigenvalue weighted by Crippen LogP contribution is -2.37. The fraction of sp³-hybridized carbons (Fsp3) is 0.538. The molecule has 0 bridgehead atoms. The third-order valence-corrected chi connectivity index (χ3v) is 3.23. The highest BCUT2D eigenvalue weighted by Crippen LogP contribution is 2.09. The minimum Gasteiger partial charge on any atom is -0.310 e. The third-order valence-electron chi connectivity index (χ3n) is 2.50. The van der Waals surface area contributed by atoms with Gasteiger partial charge in [0.05, 0.1) is 0 Å². The van der Waals surface area contributed by atoms with Gasteiger partial charge in [-0.2, -0.15) is 11.3 Å². The van der Waals surface area contributed by atoms with Crippen LogP contribution >= 0.6 is 11.3 Å². The lowest BCUT2D eigenvalue weighted by molar-refractivity contribution is 0.437. The quantitative estimate of drug-likeness (QED) is 0.728. The van der Waals surface area contributed by atoms with Gasteiger partial charge in [-0.15, -0.1) is 12.3 Å². The molecule has 0 fully saturated rings. The van der Waals surface area contributed by atoms with E-state index in [1.54, 1.807) is 11.3 Å². The Hall–Kier alpha value is -0.780. The minimum absolute atomic E-state index is 0.462. The largest absolute Gasteiger partial charge is 0.310 e. The molecule has 0 amide bonds. The van der Waals surface area contributed by atoms with Gasteiger partial charge in [-0.05, 0) is 42.2 Å². The molecule has 1 nitrogen and oxygen atoms in total. The zero-order valence-corrected chi connectivity index (χ0v) is 10.3. The predicted molar refractivity (Wildman–Crippen MR) is 68.1 cm³/mol. The zero-order chi connectivity index (χ0) is 11.1. The van der Waals surface area contributed by atoms with Crippen molar-refractivity contribution in [2.75, 3.05) is 0 Å². The molecule has 1 aromatic rings. The Labute approximate surface area is 96.9 Å². The molecule has 0 aliphatic carbocycles. The molecule has 0 aliphatic heterocycles. The van der Waals surface area contributed by atoms with E-state index < -0.39 is 0 Å². The van der Waals surface area contributed by atoms with Crippen LogP contribution in [0.3, 0.4) is 0 Å². The van der Waals surface area contributed by atoms with E-state index in [2.05, 4.69) is 41.9 Å². The smallest absolute Gasteiger partial charge is 0.0240 e. The molecular formula is C13H19NS. The van der Waals surface area contributed by atoms with Gasteiger partial charge in [0.25, 0.3) is 0 Å². The van der Waals surface area contributed by atoms with Crippen molar-refractivity contribution in [3.63, 3.8) is 0 Å². The van der Waals surface area contributed by atoms with Gasteiger partial charge in [0, 0.05) is 18.5 Å². The monoisotopic (exact) mass is 221 g/mol. The van der Waals surface area contributed by atoms with E-state index in [0.29, 0.717) is 12.1 Å². The maximum atomic E-state index is 5.33. The van der Waals surface area contributed by atoms with Crippen molar-refractivity contribution in [1.29, 1.82) is 0 Å². The second-order valence-corrected chi connectivity index (χ2v) is 4.70. The lowest BCUT2D eigenvalue weighted by Gasteiger charge is -2.20. The average molecular weight is 221 g/mol. The van der Waals surface area contributed by atoms with E-state index in [1.807, 2.05) is 0 Å². The van der Waals surface area contributed by atoms with E-state index in [9.17, 15) is 0 Å². The Morgan fingerprint density at radius 2 is 2.40 bits per heavy atom. The molecular weight excluding hydrogens is 202 g/mol. The van der Waals surface area contributed by atoms with Crippen LogP contribution in [0.2, 0.25) is 0 Å². The topological polar surface area (TPSA) is 12.0 Å². The fourth-order valence-electron chi connectivity index (χ4n) is 1.69. The Morgan fingerprint density at radius 3 is 2.93 bits per heavy atom. The summed E-state index contributed by atoms with van der Waals surface area (Å²) in [4.78, 5) is 0. The number of terminal acetylenes is 1. The standard InChI is InChI=1S/C13H19NS/c1-4-6-13(5-2)14-11(3)9-12-7-8-15-10-12/h1,7-8,10-11,13-14H,5-6,9H2,2-3H3. The van der Waals surface area contributed by atoms with Gasteiger partial charge >= 0.3 is 0 Å².